The summed E-state index contributed by atoms with van der Waals surface area (Å²) >= 11 is 6.19. The van der Waals surface area contributed by atoms with Gasteiger partial charge in [-0.2, -0.15) is 0 Å². The van der Waals surface area contributed by atoms with Crippen LogP contribution in [0.1, 0.15) is 26.7 Å². The van der Waals surface area contributed by atoms with E-state index in [1.165, 1.54) is 4.57 Å². The molecule has 0 radical (unpaired) electrons. The van der Waals surface area contributed by atoms with Crippen LogP contribution in [0.15, 0.2) is 41.3 Å². The molecule has 0 atom stereocenters. The molecule has 0 aliphatic carbocycles. The number of ether oxygens (including phenoxy) is 2. The number of piperidine rings is 1. The minimum Gasteiger partial charge on any atom is -0.489 e. The number of pyridine rings is 1. The molecular weight excluding hydrogens is 482 g/mol. The van der Waals surface area contributed by atoms with Gasteiger partial charge in [0.2, 0.25) is 5.91 Å². The Labute approximate surface area is 215 Å². The highest BCUT2D eigenvalue weighted by molar-refractivity contribution is 6.30. The monoisotopic (exact) mass is 513 g/mol. The third kappa shape index (κ3) is 6.40. The fourth-order valence-electron chi connectivity index (χ4n) is 4.32. The fourth-order valence-corrected chi connectivity index (χ4v) is 4.51. The van der Waals surface area contributed by atoms with Crippen LogP contribution in [0.25, 0.3) is 22.4 Å². The average molecular weight is 514 g/mol. The largest absolute Gasteiger partial charge is 0.489 e. The van der Waals surface area contributed by atoms with E-state index < -0.39 is 0 Å². The van der Waals surface area contributed by atoms with Crippen molar-refractivity contribution < 1.29 is 14.3 Å². The zero-order valence-electron chi connectivity index (χ0n) is 20.9. The maximum atomic E-state index is 13.6. The minimum absolute atomic E-state index is 0.0424. The number of halogens is 1. The van der Waals surface area contributed by atoms with Crippen molar-refractivity contribution in [2.75, 3.05) is 33.4 Å². The van der Waals surface area contributed by atoms with Crippen LogP contribution in [0.5, 0.6) is 5.75 Å². The number of aromatic nitrogens is 3. The van der Waals surface area contributed by atoms with Gasteiger partial charge in [0.15, 0.2) is 5.65 Å². The molecule has 1 aliphatic rings. The first-order valence-corrected chi connectivity index (χ1v) is 12.6. The molecule has 4 rings (SSSR count). The lowest BCUT2D eigenvalue weighted by atomic mass is 10.1. The normalized spacial score (nSPS) is 14.9. The summed E-state index contributed by atoms with van der Waals surface area (Å²) in [5, 5.41) is 3.64. The summed E-state index contributed by atoms with van der Waals surface area (Å²) in [6, 6.07) is 8.64. The van der Waals surface area contributed by atoms with Crippen LogP contribution in [0, 0.1) is 0 Å². The zero-order chi connectivity index (χ0) is 25.7. The molecule has 2 aromatic heterocycles. The van der Waals surface area contributed by atoms with E-state index in [1.54, 1.807) is 43.6 Å². The van der Waals surface area contributed by atoms with Gasteiger partial charge in [-0.1, -0.05) is 23.7 Å². The van der Waals surface area contributed by atoms with Crippen molar-refractivity contribution in [2.45, 2.75) is 45.4 Å². The zero-order valence-corrected chi connectivity index (χ0v) is 21.6. The minimum atomic E-state index is -0.360. The van der Waals surface area contributed by atoms with E-state index in [1.807, 2.05) is 13.8 Å². The number of fused-ring (bicyclic) bond motifs is 1. The van der Waals surface area contributed by atoms with Crippen molar-refractivity contribution in [3.05, 3.63) is 51.9 Å². The Balaban J connectivity index is 1.64. The number of likely N-dealkylation sites (tertiary alicyclic amines) is 1. The lowest BCUT2D eigenvalue weighted by Crippen LogP contribution is -2.39. The number of nitrogens with zero attached hydrogens (tertiary/aromatic N) is 4. The quantitative estimate of drug-likeness (QED) is 0.469. The molecule has 0 bridgehead atoms. The van der Waals surface area contributed by atoms with Gasteiger partial charge in [-0.15, -0.1) is 0 Å². The third-order valence-electron chi connectivity index (χ3n) is 6.07. The number of carbonyl (C=O) groups excluding carboxylic acids is 1. The van der Waals surface area contributed by atoms with Gasteiger partial charge < -0.3 is 19.7 Å². The van der Waals surface area contributed by atoms with E-state index in [0.29, 0.717) is 34.2 Å². The summed E-state index contributed by atoms with van der Waals surface area (Å²) < 4.78 is 12.7. The number of methoxy groups -OCH3 is 1. The van der Waals surface area contributed by atoms with E-state index in [2.05, 4.69) is 20.2 Å². The highest BCUT2D eigenvalue weighted by atomic mass is 35.5. The summed E-state index contributed by atoms with van der Waals surface area (Å²) in [4.78, 5) is 37.6. The number of benzene rings is 1. The maximum absolute atomic E-state index is 13.6. The highest BCUT2D eigenvalue weighted by Gasteiger charge is 2.22. The van der Waals surface area contributed by atoms with Crippen molar-refractivity contribution in [3.63, 3.8) is 0 Å². The van der Waals surface area contributed by atoms with Crippen molar-refractivity contribution in [1.29, 1.82) is 0 Å². The van der Waals surface area contributed by atoms with Crippen LogP contribution in [-0.2, 0) is 16.1 Å². The average Bonchev–Trinajstić information content (AvgIpc) is 2.85. The van der Waals surface area contributed by atoms with E-state index in [0.717, 1.165) is 32.5 Å². The predicted molar refractivity (Wildman–Crippen MR) is 139 cm³/mol. The Morgan fingerprint density at radius 3 is 2.72 bits per heavy atom. The number of amides is 1. The predicted octanol–water partition coefficient (Wildman–Crippen LogP) is 3.13. The maximum Gasteiger partial charge on any atom is 0.263 e. The smallest absolute Gasteiger partial charge is 0.263 e. The van der Waals surface area contributed by atoms with Crippen LogP contribution in [0.3, 0.4) is 0 Å². The number of hydrogen-bond donors (Lipinski definition) is 1. The first kappa shape index (κ1) is 26.1. The molecule has 1 amide bonds. The second kappa shape index (κ2) is 11.8. The van der Waals surface area contributed by atoms with Crippen LogP contribution in [-0.4, -0.2) is 70.8 Å². The van der Waals surface area contributed by atoms with Crippen molar-refractivity contribution in [1.82, 2.24) is 24.8 Å². The van der Waals surface area contributed by atoms with Gasteiger partial charge in [0, 0.05) is 43.4 Å². The van der Waals surface area contributed by atoms with Crippen LogP contribution in [0.2, 0.25) is 5.02 Å². The van der Waals surface area contributed by atoms with Crippen molar-refractivity contribution >= 4 is 28.5 Å². The molecule has 192 valence electrons. The molecule has 1 fully saturated rings. The van der Waals surface area contributed by atoms with E-state index in [4.69, 9.17) is 21.1 Å². The van der Waals surface area contributed by atoms with Gasteiger partial charge in [-0.3, -0.25) is 14.2 Å². The molecule has 1 N–H and O–H groups in total. The lowest BCUT2D eigenvalue weighted by Gasteiger charge is -2.31. The summed E-state index contributed by atoms with van der Waals surface area (Å²) in [6.45, 7) is 7.04. The van der Waals surface area contributed by atoms with Gasteiger partial charge in [0.25, 0.3) is 5.56 Å². The summed E-state index contributed by atoms with van der Waals surface area (Å²) in [5.41, 5.74) is 0.555. The molecule has 1 aliphatic heterocycles. The standard InChI is InChI=1S/C26H32ClN5O4/c1-17(2)29-23(33)16-32-25(18-5-4-6-19(27)13-18)30-24-22(26(32)34)14-21(15-28-24)36-20-7-9-31(10-8-20)11-12-35-3/h4-6,13-15,17,20H,7-12,16H2,1-3H3,(H,29,33). The molecule has 9 nitrogen and oxygen atoms in total. The molecule has 1 aromatic carbocycles. The Kier molecular flexibility index (Phi) is 8.56. The van der Waals surface area contributed by atoms with E-state index >= 15 is 0 Å². The Morgan fingerprint density at radius 2 is 2.03 bits per heavy atom. The second-order valence-electron chi connectivity index (χ2n) is 9.25. The molecule has 0 unspecified atom stereocenters. The molecular formula is C26H32ClN5O4. The number of nitrogens with one attached hydrogen (secondary N) is 1. The van der Waals surface area contributed by atoms with Crippen LogP contribution < -0.4 is 15.6 Å². The SMILES string of the molecule is COCCN1CCC(Oc2cnc3nc(-c4cccc(Cl)c4)n(CC(=O)NC(C)C)c(=O)c3c2)CC1. The van der Waals surface area contributed by atoms with Gasteiger partial charge in [0.05, 0.1) is 18.2 Å². The number of rotatable bonds is 9. The van der Waals surface area contributed by atoms with Gasteiger partial charge >= 0.3 is 0 Å². The first-order chi connectivity index (χ1) is 17.3. The number of carbonyl (C=O) groups is 1. The summed E-state index contributed by atoms with van der Waals surface area (Å²) in [6.07, 6.45) is 3.41. The molecule has 36 heavy (non-hydrogen) atoms. The molecule has 3 aromatic rings. The van der Waals surface area contributed by atoms with Gasteiger partial charge in [-0.05, 0) is 44.9 Å². The lowest BCUT2D eigenvalue weighted by molar-refractivity contribution is -0.122. The Bertz CT molecular complexity index is 1270. The summed E-state index contributed by atoms with van der Waals surface area (Å²) in [5.74, 6) is 0.570. The van der Waals surface area contributed by atoms with Crippen LogP contribution in [0.4, 0.5) is 0 Å². The molecule has 0 saturated carbocycles. The fraction of sp³-hybridized carbons (Fsp3) is 0.462. The Morgan fingerprint density at radius 1 is 1.25 bits per heavy atom. The summed E-state index contributed by atoms with van der Waals surface area (Å²) in [7, 11) is 1.71. The topological polar surface area (TPSA) is 98.6 Å². The highest BCUT2D eigenvalue weighted by Crippen LogP contribution is 2.24. The molecule has 10 heteroatoms. The van der Waals surface area contributed by atoms with Gasteiger partial charge in [-0.25, -0.2) is 9.97 Å². The molecule has 1 saturated heterocycles. The molecule has 3 heterocycles. The Hall–Kier alpha value is -3.01. The van der Waals surface area contributed by atoms with Crippen molar-refractivity contribution in [3.8, 4) is 17.1 Å². The van der Waals surface area contributed by atoms with E-state index in [9.17, 15) is 9.59 Å². The second-order valence-corrected chi connectivity index (χ2v) is 9.69. The van der Waals surface area contributed by atoms with Crippen LogP contribution >= 0.6 is 11.6 Å². The van der Waals surface area contributed by atoms with Gasteiger partial charge in [0.1, 0.15) is 24.2 Å². The van der Waals surface area contributed by atoms with E-state index in [-0.39, 0.29) is 35.8 Å². The molecule has 0 spiro atoms. The first-order valence-electron chi connectivity index (χ1n) is 12.2. The number of hydrogen-bond acceptors (Lipinski definition) is 7. The third-order valence-corrected chi connectivity index (χ3v) is 6.30. The van der Waals surface area contributed by atoms with Crippen molar-refractivity contribution in [2.24, 2.45) is 0 Å².